The van der Waals surface area contributed by atoms with Gasteiger partial charge < -0.3 is 10.7 Å². The zero-order valence-corrected chi connectivity index (χ0v) is 13.1. The van der Waals surface area contributed by atoms with Gasteiger partial charge in [0.25, 0.3) is 5.56 Å². The van der Waals surface area contributed by atoms with Gasteiger partial charge in [-0.25, -0.2) is 4.98 Å². The van der Waals surface area contributed by atoms with Gasteiger partial charge in [-0.2, -0.15) is 0 Å². The topological polar surface area (TPSA) is 71.8 Å². The molecule has 0 fully saturated rings. The molecule has 0 amide bonds. The van der Waals surface area contributed by atoms with E-state index in [0.29, 0.717) is 0 Å². The number of hydrogen-bond donors (Lipinski definition) is 2. The number of nitrogens with two attached hydrogens (primary N) is 1. The van der Waals surface area contributed by atoms with Crippen molar-refractivity contribution in [2.45, 2.75) is 37.8 Å². The molecule has 0 saturated heterocycles. The standard InChI is InChI=1S/C16H21N3OS/c1-2-5-14-11-15(20)19-16(18-14)21-9-4-7-12-6-3-8-13(17)10-12/h3,6,8,10-11H,2,4-5,7,9,17H2,1H3,(H,18,19,20). The summed E-state index contributed by atoms with van der Waals surface area (Å²) < 4.78 is 0. The minimum absolute atomic E-state index is 0.0632. The molecule has 112 valence electrons. The normalized spacial score (nSPS) is 10.7. The second kappa shape index (κ2) is 7.88. The van der Waals surface area contributed by atoms with Gasteiger partial charge in [0.1, 0.15) is 0 Å². The van der Waals surface area contributed by atoms with Crippen molar-refractivity contribution in [1.29, 1.82) is 0 Å². The van der Waals surface area contributed by atoms with Gasteiger partial charge in [-0.3, -0.25) is 4.79 Å². The van der Waals surface area contributed by atoms with Crippen LogP contribution in [-0.2, 0) is 12.8 Å². The number of benzene rings is 1. The van der Waals surface area contributed by atoms with Crippen molar-refractivity contribution in [2.75, 3.05) is 11.5 Å². The highest BCUT2D eigenvalue weighted by Crippen LogP contribution is 2.15. The molecule has 21 heavy (non-hydrogen) atoms. The third kappa shape index (κ3) is 5.27. The van der Waals surface area contributed by atoms with Crippen LogP contribution in [0.15, 0.2) is 40.3 Å². The molecular weight excluding hydrogens is 282 g/mol. The van der Waals surface area contributed by atoms with Gasteiger partial charge in [0.2, 0.25) is 0 Å². The van der Waals surface area contributed by atoms with E-state index in [9.17, 15) is 4.79 Å². The molecule has 0 atom stereocenters. The molecule has 0 spiro atoms. The van der Waals surface area contributed by atoms with E-state index in [4.69, 9.17) is 5.73 Å². The number of aromatic amines is 1. The summed E-state index contributed by atoms with van der Waals surface area (Å²) in [5, 5.41) is 0.721. The van der Waals surface area contributed by atoms with Crippen LogP contribution in [0.3, 0.4) is 0 Å². The molecule has 1 aromatic heterocycles. The average molecular weight is 303 g/mol. The van der Waals surface area contributed by atoms with E-state index in [1.165, 1.54) is 5.56 Å². The lowest BCUT2D eigenvalue weighted by Gasteiger charge is -2.04. The Morgan fingerprint density at radius 1 is 1.29 bits per heavy atom. The van der Waals surface area contributed by atoms with Crippen molar-refractivity contribution in [1.82, 2.24) is 9.97 Å². The molecule has 0 bridgehead atoms. The van der Waals surface area contributed by atoms with E-state index in [0.717, 1.165) is 48.0 Å². The minimum Gasteiger partial charge on any atom is -0.399 e. The number of H-pyrrole nitrogens is 1. The highest BCUT2D eigenvalue weighted by atomic mass is 32.2. The van der Waals surface area contributed by atoms with E-state index in [1.54, 1.807) is 17.8 Å². The molecule has 0 radical (unpaired) electrons. The molecule has 3 N–H and O–H groups in total. The number of nitrogens with one attached hydrogen (secondary N) is 1. The molecule has 4 nitrogen and oxygen atoms in total. The van der Waals surface area contributed by atoms with Crippen molar-refractivity contribution in [3.8, 4) is 0 Å². The van der Waals surface area contributed by atoms with Crippen molar-refractivity contribution >= 4 is 17.4 Å². The number of nitrogens with zero attached hydrogens (tertiary/aromatic N) is 1. The summed E-state index contributed by atoms with van der Waals surface area (Å²) in [6.45, 7) is 2.08. The Labute approximate surface area is 129 Å². The molecule has 0 aliphatic carbocycles. The van der Waals surface area contributed by atoms with Gasteiger partial charge in [0, 0.05) is 23.2 Å². The Bertz CT molecular complexity index is 639. The summed E-state index contributed by atoms with van der Waals surface area (Å²) >= 11 is 1.60. The van der Waals surface area contributed by atoms with Crippen LogP contribution < -0.4 is 11.3 Å². The monoisotopic (exact) mass is 303 g/mol. The fourth-order valence-corrected chi connectivity index (χ4v) is 2.97. The molecule has 0 saturated carbocycles. The second-order valence-electron chi connectivity index (χ2n) is 4.99. The lowest BCUT2D eigenvalue weighted by atomic mass is 10.1. The molecule has 1 heterocycles. The molecule has 0 aliphatic heterocycles. The van der Waals surface area contributed by atoms with Crippen LogP contribution in [0, 0.1) is 0 Å². The summed E-state index contributed by atoms with van der Waals surface area (Å²) in [6.07, 6.45) is 3.85. The van der Waals surface area contributed by atoms with Crippen LogP contribution in [0.5, 0.6) is 0 Å². The molecule has 0 unspecified atom stereocenters. The number of anilines is 1. The largest absolute Gasteiger partial charge is 0.399 e. The van der Waals surface area contributed by atoms with Crippen LogP contribution in [0.2, 0.25) is 0 Å². The maximum Gasteiger partial charge on any atom is 0.251 e. The zero-order valence-electron chi connectivity index (χ0n) is 12.3. The summed E-state index contributed by atoms with van der Waals surface area (Å²) in [7, 11) is 0. The summed E-state index contributed by atoms with van der Waals surface area (Å²) in [5.41, 5.74) is 8.62. The first-order chi connectivity index (χ1) is 10.2. The van der Waals surface area contributed by atoms with Crippen molar-refractivity contribution in [2.24, 2.45) is 0 Å². The first kappa shape index (κ1) is 15.6. The van der Waals surface area contributed by atoms with Gasteiger partial charge in [-0.1, -0.05) is 37.2 Å². The average Bonchev–Trinajstić information content (AvgIpc) is 2.43. The number of aryl methyl sites for hydroxylation is 2. The second-order valence-corrected chi connectivity index (χ2v) is 6.07. The fraction of sp³-hybridized carbons (Fsp3) is 0.375. The maximum atomic E-state index is 11.6. The number of nitrogen functional groups attached to an aromatic ring is 1. The van der Waals surface area contributed by atoms with Crippen molar-refractivity contribution in [3.05, 3.63) is 51.9 Å². The van der Waals surface area contributed by atoms with Crippen molar-refractivity contribution in [3.63, 3.8) is 0 Å². The highest BCUT2D eigenvalue weighted by Gasteiger charge is 2.02. The van der Waals surface area contributed by atoms with Gasteiger partial charge in [-0.05, 0) is 37.0 Å². The lowest BCUT2D eigenvalue weighted by Crippen LogP contribution is -2.10. The third-order valence-electron chi connectivity index (χ3n) is 3.08. The summed E-state index contributed by atoms with van der Waals surface area (Å²) in [4.78, 5) is 18.8. The minimum atomic E-state index is -0.0632. The highest BCUT2D eigenvalue weighted by molar-refractivity contribution is 7.99. The predicted octanol–water partition coefficient (Wildman–Crippen LogP) is 3.03. The van der Waals surface area contributed by atoms with E-state index < -0.39 is 0 Å². The lowest BCUT2D eigenvalue weighted by molar-refractivity contribution is 0.814. The molecule has 2 rings (SSSR count). The number of aromatic nitrogens is 2. The Morgan fingerprint density at radius 2 is 2.14 bits per heavy atom. The molecule has 2 aromatic rings. The number of hydrogen-bond acceptors (Lipinski definition) is 4. The van der Waals surface area contributed by atoms with Gasteiger partial charge in [0.15, 0.2) is 5.16 Å². The van der Waals surface area contributed by atoms with Gasteiger partial charge in [0.05, 0.1) is 0 Å². The molecule has 0 aliphatic rings. The number of thioether (sulfide) groups is 1. The first-order valence-corrected chi connectivity index (χ1v) is 8.23. The molecular formula is C16H21N3OS. The Kier molecular flexibility index (Phi) is 5.87. The third-order valence-corrected chi connectivity index (χ3v) is 4.04. The smallest absolute Gasteiger partial charge is 0.251 e. The van der Waals surface area contributed by atoms with E-state index >= 15 is 0 Å². The molecule has 1 aromatic carbocycles. The van der Waals surface area contributed by atoms with Gasteiger partial charge >= 0.3 is 0 Å². The zero-order chi connectivity index (χ0) is 15.1. The predicted molar refractivity (Wildman–Crippen MR) is 88.8 cm³/mol. The first-order valence-electron chi connectivity index (χ1n) is 7.25. The number of rotatable bonds is 7. The Morgan fingerprint density at radius 3 is 2.90 bits per heavy atom. The van der Waals surface area contributed by atoms with Crippen molar-refractivity contribution < 1.29 is 0 Å². The van der Waals surface area contributed by atoms with E-state index in [-0.39, 0.29) is 5.56 Å². The van der Waals surface area contributed by atoms with E-state index in [1.807, 2.05) is 18.2 Å². The molecule has 5 heteroatoms. The SMILES string of the molecule is CCCc1cc(=O)[nH]c(SCCCc2cccc(N)c2)n1. The van der Waals surface area contributed by atoms with E-state index in [2.05, 4.69) is 23.0 Å². The van der Waals surface area contributed by atoms with Crippen LogP contribution >= 0.6 is 11.8 Å². The quantitative estimate of drug-likeness (QED) is 0.357. The fourth-order valence-electron chi connectivity index (χ4n) is 2.13. The van der Waals surface area contributed by atoms with Gasteiger partial charge in [-0.15, -0.1) is 0 Å². The van der Waals surface area contributed by atoms with Crippen LogP contribution in [-0.4, -0.2) is 15.7 Å². The summed E-state index contributed by atoms with van der Waals surface area (Å²) in [5.74, 6) is 0.924. The summed E-state index contributed by atoms with van der Waals surface area (Å²) in [6, 6.07) is 9.55. The maximum absolute atomic E-state index is 11.6. The van der Waals surface area contributed by atoms with Crippen LogP contribution in [0.1, 0.15) is 31.0 Å². The Hall–Kier alpha value is -1.75. The Balaban J connectivity index is 1.84. The van der Waals surface area contributed by atoms with Crippen LogP contribution in [0.4, 0.5) is 5.69 Å². The van der Waals surface area contributed by atoms with Crippen LogP contribution in [0.25, 0.3) is 0 Å².